The van der Waals surface area contributed by atoms with Gasteiger partial charge >= 0.3 is 0 Å². The van der Waals surface area contributed by atoms with E-state index in [1.807, 2.05) is 41.1 Å². The third kappa shape index (κ3) is 4.55. The van der Waals surface area contributed by atoms with Crippen molar-refractivity contribution in [3.63, 3.8) is 0 Å². The molecule has 0 aliphatic carbocycles. The van der Waals surface area contributed by atoms with Gasteiger partial charge < -0.3 is 10.1 Å². The standard InChI is InChI=1S/C18H19N5O2S2/c1-4-9-23-16(13-7-5-6-8-14(13)25-3)21-22-18(23)27-11-15(24)20-17-19-12(2)10-26-17/h4-8,10H,1,9,11H2,2-3H3,(H,19,20,24). The van der Waals surface area contributed by atoms with E-state index >= 15 is 0 Å². The molecular formula is C18H19N5O2S2. The molecule has 2 heterocycles. The molecule has 1 aromatic carbocycles. The molecule has 9 heteroatoms. The van der Waals surface area contributed by atoms with E-state index in [0.717, 1.165) is 11.3 Å². The molecule has 1 amide bonds. The predicted octanol–water partition coefficient (Wildman–Crippen LogP) is 3.64. The van der Waals surface area contributed by atoms with Crippen LogP contribution in [0.15, 0.2) is 47.5 Å². The molecule has 27 heavy (non-hydrogen) atoms. The van der Waals surface area contributed by atoms with Crippen molar-refractivity contribution in [3.8, 4) is 17.1 Å². The maximum atomic E-state index is 12.2. The van der Waals surface area contributed by atoms with Gasteiger partial charge in [0.1, 0.15) is 5.75 Å². The average molecular weight is 402 g/mol. The minimum Gasteiger partial charge on any atom is -0.496 e. The van der Waals surface area contributed by atoms with Gasteiger partial charge in [0.15, 0.2) is 16.1 Å². The van der Waals surface area contributed by atoms with Crippen LogP contribution in [0.2, 0.25) is 0 Å². The molecule has 0 spiro atoms. The third-order valence-electron chi connectivity index (χ3n) is 3.57. The number of amides is 1. The number of anilines is 1. The molecule has 0 saturated heterocycles. The zero-order valence-corrected chi connectivity index (χ0v) is 16.6. The largest absolute Gasteiger partial charge is 0.496 e. The first kappa shape index (κ1) is 19.1. The van der Waals surface area contributed by atoms with Crippen molar-refractivity contribution in [2.75, 3.05) is 18.2 Å². The number of ether oxygens (including phenoxy) is 1. The van der Waals surface area contributed by atoms with E-state index < -0.39 is 0 Å². The van der Waals surface area contributed by atoms with Gasteiger partial charge in [0.25, 0.3) is 0 Å². The Hall–Kier alpha value is -2.65. The summed E-state index contributed by atoms with van der Waals surface area (Å²) in [6.45, 7) is 6.22. The first-order valence-electron chi connectivity index (χ1n) is 8.14. The quantitative estimate of drug-likeness (QED) is 0.458. The summed E-state index contributed by atoms with van der Waals surface area (Å²) in [5, 5.41) is 14.5. The topological polar surface area (TPSA) is 81.9 Å². The summed E-state index contributed by atoms with van der Waals surface area (Å²) in [6.07, 6.45) is 1.77. The van der Waals surface area contributed by atoms with E-state index in [1.54, 1.807) is 13.2 Å². The van der Waals surface area contributed by atoms with Crippen LogP contribution in [0, 0.1) is 6.92 Å². The van der Waals surface area contributed by atoms with Crippen LogP contribution in [0.5, 0.6) is 5.75 Å². The predicted molar refractivity (Wildman–Crippen MR) is 108 cm³/mol. The number of thioether (sulfide) groups is 1. The molecule has 140 valence electrons. The highest BCUT2D eigenvalue weighted by molar-refractivity contribution is 7.99. The Morgan fingerprint density at radius 1 is 1.41 bits per heavy atom. The lowest BCUT2D eigenvalue weighted by molar-refractivity contribution is -0.113. The lowest BCUT2D eigenvalue weighted by Gasteiger charge is -2.10. The van der Waals surface area contributed by atoms with Gasteiger partial charge in [-0.15, -0.1) is 28.1 Å². The number of hydrogen-bond acceptors (Lipinski definition) is 7. The summed E-state index contributed by atoms with van der Waals surface area (Å²) in [6, 6.07) is 7.62. The second-order valence-electron chi connectivity index (χ2n) is 5.54. The number of thiazole rings is 1. The van der Waals surface area contributed by atoms with E-state index in [4.69, 9.17) is 4.74 Å². The highest BCUT2D eigenvalue weighted by atomic mass is 32.2. The highest BCUT2D eigenvalue weighted by Gasteiger charge is 2.17. The van der Waals surface area contributed by atoms with Crippen molar-refractivity contribution < 1.29 is 9.53 Å². The number of methoxy groups -OCH3 is 1. The Labute approximate surface area is 165 Å². The number of benzene rings is 1. The van der Waals surface area contributed by atoms with Crippen LogP contribution in [-0.4, -0.2) is 38.5 Å². The summed E-state index contributed by atoms with van der Waals surface area (Å²) in [5.74, 6) is 1.45. The van der Waals surface area contributed by atoms with Gasteiger partial charge in [-0.05, 0) is 19.1 Å². The first-order chi connectivity index (χ1) is 13.1. The van der Waals surface area contributed by atoms with Crippen LogP contribution < -0.4 is 10.1 Å². The summed E-state index contributed by atoms with van der Waals surface area (Å²) in [4.78, 5) is 16.4. The number of aryl methyl sites for hydroxylation is 1. The summed E-state index contributed by atoms with van der Waals surface area (Å²) in [7, 11) is 1.62. The van der Waals surface area contributed by atoms with Crippen LogP contribution in [0.4, 0.5) is 5.13 Å². The van der Waals surface area contributed by atoms with Crippen molar-refractivity contribution >= 4 is 34.1 Å². The van der Waals surface area contributed by atoms with Crippen molar-refractivity contribution in [1.29, 1.82) is 0 Å². The van der Waals surface area contributed by atoms with Gasteiger partial charge in [0.2, 0.25) is 5.91 Å². The molecule has 0 radical (unpaired) electrons. The number of carbonyl (C=O) groups is 1. The van der Waals surface area contributed by atoms with Gasteiger partial charge in [-0.2, -0.15) is 0 Å². The van der Waals surface area contributed by atoms with Crippen molar-refractivity contribution in [2.24, 2.45) is 0 Å². The Bertz CT molecular complexity index is 951. The van der Waals surface area contributed by atoms with E-state index in [1.165, 1.54) is 23.1 Å². The van der Waals surface area contributed by atoms with Crippen molar-refractivity contribution in [2.45, 2.75) is 18.6 Å². The Balaban J connectivity index is 1.77. The van der Waals surface area contributed by atoms with Gasteiger partial charge in [-0.1, -0.05) is 30.0 Å². The smallest absolute Gasteiger partial charge is 0.236 e. The van der Waals surface area contributed by atoms with Gasteiger partial charge in [-0.3, -0.25) is 9.36 Å². The molecule has 2 aromatic heterocycles. The Morgan fingerprint density at radius 2 is 2.22 bits per heavy atom. The van der Waals surface area contributed by atoms with Gasteiger partial charge in [-0.25, -0.2) is 4.98 Å². The van der Waals surface area contributed by atoms with Crippen LogP contribution in [0.25, 0.3) is 11.4 Å². The van der Waals surface area contributed by atoms with Crippen LogP contribution >= 0.6 is 23.1 Å². The molecule has 0 saturated carbocycles. The number of rotatable bonds is 8. The fraction of sp³-hybridized carbons (Fsp3) is 0.222. The third-order valence-corrected chi connectivity index (χ3v) is 5.42. The second kappa shape index (κ2) is 8.83. The lowest BCUT2D eigenvalue weighted by Crippen LogP contribution is -2.14. The monoisotopic (exact) mass is 401 g/mol. The molecule has 7 nitrogen and oxygen atoms in total. The van der Waals surface area contributed by atoms with Gasteiger partial charge in [0, 0.05) is 11.9 Å². The van der Waals surface area contributed by atoms with Crippen LogP contribution in [0.3, 0.4) is 0 Å². The molecule has 3 aromatic rings. The first-order valence-corrected chi connectivity index (χ1v) is 10.0. The number of carbonyl (C=O) groups excluding carboxylic acids is 1. The molecule has 1 N–H and O–H groups in total. The molecule has 0 aliphatic heterocycles. The number of hydrogen-bond donors (Lipinski definition) is 1. The van der Waals surface area contributed by atoms with E-state index in [2.05, 4.69) is 27.1 Å². The van der Waals surface area contributed by atoms with Gasteiger partial charge in [0.05, 0.1) is 24.1 Å². The Morgan fingerprint density at radius 3 is 2.93 bits per heavy atom. The molecule has 0 aliphatic rings. The SMILES string of the molecule is C=CCn1c(SCC(=O)Nc2nc(C)cs2)nnc1-c1ccccc1OC. The fourth-order valence-electron chi connectivity index (χ4n) is 2.41. The average Bonchev–Trinajstić information content (AvgIpc) is 3.26. The normalized spacial score (nSPS) is 10.6. The minimum absolute atomic E-state index is 0.138. The maximum Gasteiger partial charge on any atom is 0.236 e. The molecular weight excluding hydrogens is 382 g/mol. The number of nitrogens with one attached hydrogen (secondary N) is 1. The minimum atomic E-state index is -0.138. The molecule has 0 fully saturated rings. The van der Waals surface area contributed by atoms with E-state index in [-0.39, 0.29) is 11.7 Å². The van der Waals surface area contributed by atoms with Crippen LogP contribution in [-0.2, 0) is 11.3 Å². The summed E-state index contributed by atoms with van der Waals surface area (Å²) >= 11 is 2.72. The second-order valence-corrected chi connectivity index (χ2v) is 7.34. The number of nitrogens with zero attached hydrogens (tertiary/aromatic N) is 4. The Kier molecular flexibility index (Phi) is 6.25. The molecule has 0 unspecified atom stereocenters. The number of para-hydroxylation sites is 1. The van der Waals surface area contributed by atoms with Crippen LogP contribution in [0.1, 0.15) is 5.69 Å². The van der Waals surface area contributed by atoms with Crippen molar-refractivity contribution in [3.05, 3.63) is 48.0 Å². The number of allylic oxidation sites excluding steroid dienone is 1. The van der Waals surface area contributed by atoms with E-state index in [9.17, 15) is 4.79 Å². The molecule has 0 atom stereocenters. The van der Waals surface area contributed by atoms with Crippen molar-refractivity contribution in [1.82, 2.24) is 19.7 Å². The maximum absolute atomic E-state index is 12.2. The zero-order valence-electron chi connectivity index (χ0n) is 15.0. The lowest BCUT2D eigenvalue weighted by atomic mass is 10.2. The molecule has 0 bridgehead atoms. The number of aromatic nitrogens is 4. The molecule has 3 rings (SSSR count). The summed E-state index contributed by atoms with van der Waals surface area (Å²) < 4.78 is 7.34. The van der Waals surface area contributed by atoms with E-state index in [0.29, 0.717) is 28.4 Å². The summed E-state index contributed by atoms with van der Waals surface area (Å²) in [5.41, 5.74) is 1.72. The zero-order chi connectivity index (χ0) is 19.2. The fourth-order valence-corrected chi connectivity index (χ4v) is 3.87. The highest BCUT2D eigenvalue weighted by Crippen LogP contribution is 2.31.